The Morgan fingerprint density at radius 2 is 1.97 bits per heavy atom. The Labute approximate surface area is 175 Å². The van der Waals surface area contributed by atoms with Crippen molar-refractivity contribution in [3.05, 3.63) is 71.7 Å². The molecule has 1 N–H and O–H groups in total. The summed E-state index contributed by atoms with van der Waals surface area (Å²) in [5.74, 6) is -0.0221. The zero-order valence-corrected chi connectivity index (χ0v) is 17.4. The molecule has 1 aliphatic heterocycles. The zero-order chi connectivity index (χ0) is 21.4. The van der Waals surface area contributed by atoms with Gasteiger partial charge in [-0.15, -0.1) is 0 Å². The van der Waals surface area contributed by atoms with E-state index in [1.165, 1.54) is 42.1 Å². The maximum absolute atomic E-state index is 13.3. The minimum absolute atomic E-state index is 0.0198. The molecule has 0 bridgehead atoms. The quantitative estimate of drug-likeness (QED) is 0.677. The van der Waals surface area contributed by atoms with Crippen LogP contribution in [0.1, 0.15) is 41.6 Å². The first-order valence-corrected chi connectivity index (χ1v) is 10.5. The lowest BCUT2D eigenvalue weighted by atomic mass is 10.0. The highest BCUT2D eigenvalue weighted by molar-refractivity contribution is 7.08. The third-order valence-electron chi connectivity index (χ3n) is 5.40. The second-order valence-corrected chi connectivity index (χ2v) is 8.09. The number of hydrogen-bond acceptors (Lipinski definition) is 6. The number of piperidine rings is 1. The maximum atomic E-state index is 13.3. The summed E-state index contributed by atoms with van der Waals surface area (Å²) < 4.78 is 2.13. The standard InChI is InChI=1S/C20H21N5O4S/c1-23-15(10-17(27)24(2)20(23)29)19(28)25-7-4-3-5-14(25)18-21-13(9-16(26)22-18)12-6-8-30-11-12/h6,8-11,14H,3-5,7H2,1-2H3,(H,21,22,26). The van der Waals surface area contributed by atoms with Crippen molar-refractivity contribution in [2.75, 3.05) is 6.54 Å². The number of likely N-dealkylation sites (tertiary alicyclic amines) is 1. The van der Waals surface area contributed by atoms with Crippen LogP contribution in [0.4, 0.5) is 0 Å². The van der Waals surface area contributed by atoms with Gasteiger partial charge in [-0.25, -0.2) is 9.78 Å². The molecule has 0 aliphatic carbocycles. The van der Waals surface area contributed by atoms with E-state index >= 15 is 0 Å². The molecule has 30 heavy (non-hydrogen) atoms. The summed E-state index contributed by atoms with van der Waals surface area (Å²) in [4.78, 5) is 58.9. The lowest BCUT2D eigenvalue weighted by molar-refractivity contribution is 0.0587. The molecule has 1 saturated heterocycles. The third kappa shape index (κ3) is 3.54. The molecule has 10 heteroatoms. The number of amides is 1. The minimum atomic E-state index is -0.564. The number of H-pyrrole nitrogens is 1. The van der Waals surface area contributed by atoms with Crippen molar-refractivity contribution < 1.29 is 4.79 Å². The van der Waals surface area contributed by atoms with Crippen LogP contribution in [0.5, 0.6) is 0 Å². The van der Waals surface area contributed by atoms with Gasteiger partial charge in [0.25, 0.3) is 17.0 Å². The first-order valence-electron chi connectivity index (χ1n) is 9.58. The first-order chi connectivity index (χ1) is 14.4. The van der Waals surface area contributed by atoms with E-state index in [-0.39, 0.29) is 11.3 Å². The van der Waals surface area contributed by atoms with Crippen molar-refractivity contribution in [1.82, 2.24) is 24.0 Å². The van der Waals surface area contributed by atoms with E-state index in [0.717, 1.165) is 23.0 Å². The highest BCUT2D eigenvalue weighted by atomic mass is 32.1. The molecule has 1 atom stereocenters. The predicted molar refractivity (Wildman–Crippen MR) is 113 cm³/mol. The molecule has 0 aromatic carbocycles. The summed E-state index contributed by atoms with van der Waals surface area (Å²) in [6.07, 6.45) is 2.28. The lowest BCUT2D eigenvalue weighted by Gasteiger charge is -2.35. The van der Waals surface area contributed by atoms with Gasteiger partial charge in [0, 0.05) is 43.7 Å². The summed E-state index contributed by atoms with van der Waals surface area (Å²) in [7, 11) is 2.83. The Hall–Kier alpha value is -3.27. The number of carbonyl (C=O) groups excluding carboxylic acids is 1. The number of nitrogens with one attached hydrogen (secondary N) is 1. The van der Waals surface area contributed by atoms with Crippen molar-refractivity contribution in [3.63, 3.8) is 0 Å². The van der Waals surface area contributed by atoms with Crippen molar-refractivity contribution in [3.8, 4) is 11.3 Å². The van der Waals surface area contributed by atoms with Gasteiger partial charge in [0.2, 0.25) is 0 Å². The Morgan fingerprint density at radius 1 is 1.17 bits per heavy atom. The molecule has 9 nitrogen and oxygen atoms in total. The summed E-state index contributed by atoms with van der Waals surface area (Å²) in [5.41, 5.74) is 0.0156. The van der Waals surface area contributed by atoms with Crippen molar-refractivity contribution in [2.45, 2.75) is 25.3 Å². The van der Waals surface area contributed by atoms with Crippen LogP contribution >= 0.6 is 11.3 Å². The molecule has 0 spiro atoms. The Balaban J connectivity index is 1.77. The fourth-order valence-electron chi connectivity index (χ4n) is 3.74. The average molecular weight is 427 g/mol. The van der Waals surface area contributed by atoms with Crippen LogP contribution in [0.15, 0.2) is 43.3 Å². The van der Waals surface area contributed by atoms with Crippen LogP contribution in [-0.4, -0.2) is 36.5 Å². The molecule has 4 heterocycles. The van der Waals surface area contributed by atoms with Crippen LogP contribution in [0.25, 0.3) is 11.3 Å². The van der Waals surface area contributed by atoms with E-state index in [4.69, 9.17) is 0 Å². The molecule has 3 aromatic heterocycles. The molecule has 1 aliphatic rings. The fraction of sp³-hybridized carbons (Fsp3) is 0.350. The van der Waals surface area contributed by atoms with Gasteiger partial charge in [-0.2, -0.15) is 11.3 Å². The molecule has 4 rings (SSSR count). The number of nitrogens with zero attached hydrogens (tertiary/aromatic N) is 4. The maximum Gasteiger partial charge on any atom is 0.331 e. The van der Waals surface area contributed by atoms with Crippen LogP contribution in [0.3, 0.4) is 0 Å². The first kappa shape index (κ1) is 20.0. The number of carbonyl (C=O) groups is 1. The molecule has 1 fully saturated rings. The normalized spacial score (nSPS) is 16.6. The Kier molecular flexibility index (Phi) is 5.25. The molecule has 156 valence electrons. The number of hydrogen-bond donors (Lipinski definition) is 1. The van der Waals surface area contributed by atoms with Gasteiger partial charge < -0.3 is 9.88 Å². The van der Waals surface area contributed by atoms with Crippen molar-refractivity contribution in [2.24, 2.45) is 14.1 Å². The van der Waals surface area contributed by atoms with E-state index in [1.807, 2.05) is 16.8 Å². The Morgan fingerprint density at radius 3 is 2.70 bits per heavy atom. The summed E-state index contributed by atoms with van der Waals surface area (Å²) in [6, 6.07) is 4.05. The lowest BCUT2D eigenvalue weighted by Crippen LogP contribution is -2.45. The fourth-order valence-corrected chi connectivity index (χ4v) is 4.39. The van der Waals surface area contributed by atoms with Gasteiger partial charge in [-0.3, -0.25) is 23.5 Å². The van der Waals surface area contributed by atoms with Gasteiger partial charge in [0.1, 0.15) is 11.5 Å². The van der Waals surface area contributed by atoms with Crippen LogP contribution in [0, 0.1) is 0 Å². The molecular weight excluding hydrogens is 406 g/mol. The van der Waals surface area contributed by atoms with E-state index < -0.39 is 23.2 Å². The number of aromatic nitrogens is 4. The highest BCUT2D eigenvalue weighted by Gasteiger charge is 2.32. The topological polar surface area (TPSA) is 110 Å². The van der Waals surface area contributed by atoms with Gasteiger partial charge in [0.15, 0.2) is 0 Å². The number of rotatable bonds is 3. The molecule has 1 amide bonds. The second kappa shape index (κ2) is 7.86. The van der Waals surface area contributed by atoms with E-state index in [9.17, 15) is 19.2 Å². The number of thiophene rings is 1. The van der Waals surface area contributed by atoms with E-state index in [0.29, 0.717) is 24.5 Å². The SMILES string of the molecule is Cn1c(C(=O)N2CCCCC2c2nc(-c3ccsc3)cc(=O)[nH]2)cc(=O)n(C)c1=O. The van der Waals surface area contributed by atoms with Crippen LogP contribution in [0.2, 0.25) is 0 Å². The van der Waals surface area contributed by atoms with Crippen molar-refractivity contribution in [1.29, 1.82) is 0 Å². The molecule has 3 aromatic rings. The minimum Gasteiger partial charge on any atom is -0.327 e. The third-order valence-corrected chi connectivity index (χ3v) is 6.08. The van der Waals surface area contributed by atoms with Gasteiger partial charge in [0.05, 0.1) is 11.7 Å². The molecule has 1 unspecified atom stereocenters. The smallest absolute Gasteiger partial charge is 0.327 e. The van der Waals surface area contributed by atoms with Gasteiger partial charge in [-0.05, 0) is 30.7 Å². The summed E-state index contributed by atoms with van der Waals surface area (Å²) in [5, 5.41) is 3.82. The highest BCUT2D eigenvalue weighted by Crippen LogP contribution is 2.30. The summed E-state index contributed by atoms with van der Waals surface area (Å²) in [6.45, 7) is 0.444. The zero-order valence-electron chi connectivity index (χ0n) is 16.6. The van der Waals surface area contributed by atoms with Gasteiger partial charge >= 0.3 is 5.69 Å². The van der Waals surface area contributed by atoms with E-state index in [1.54, 1.807) is 4.90 Å². The molecule has 0 radical (unpaired) electrons. The number of aromatic amines is 1. The van der Waals surface area contributed by atoms with Crippen LogP contribution < -0.4 is 16.8 Å². The van der Waals surface area contributed by atoms with Crippen molar-refractivity contribution >= 4 is 17.2 Å². The molecular formula is C20H21N5O4S. The average Bonchev–Trinajstić information content (AvgIpc) is 3.29. The molecule has 0 saturated carbocycles. The second-order valence-electron chi connectivity index (χ2n) is 7.31. The monoisotopic (exact) mass is 427 g/mol. The van der Waals surface area contributed by atoms with Gasteiger partial charge in [-0.1, -0.05) is 0 Å². The predicted octanol–water partition coefficient (Wildman–Crippen LogP) is 1.26. The van der Waals surface area contributed by atoms with Crippen LogP contribution in [-0.2, 0) is 14.1 Å². The largest absolute Gasteiger partial charge is 0.331 e. The summed E-state index contributed by atoms with van der Waals surface area (Å²) >= 11 is 1.51. The Bertz CT molecular complexity index is 1270. The van der Waals surface area contributed by atoms with E-state index in [2.05, 4.69) is 9.97 Å².